The molecule has 1 aromatic carbocycles. The standard InChI is InChI=1S/C8H7BrClN/c9-7-3-5(10)4-8-6(7)1-2-11-8/h3-4,11H,1-2H2. The zero-order valence-corrected chi connectivity index (χ0v) is 8.17. The maximum absolute atomic E-state index is 5.86. The Morgan fingerprint density at radius 3 is 3.09 bits per heavy atom. The number of hydrogen-bond donors (Lipinski definition) is 1. The minimum Gasteiger partial charge on any atom is -0.384 e. The smallest absolute Gasteiger partial charge is 0.0437 e. The van der Waals surface area contributed by atoms with Gasteiger partial charge in [0, 0.05) is 21.7 Å². The molecular weight excluding hydrogens is 225 g/mol. The molecule has 0 unspecified atom stereocenters. The fraction of sp³-hybridized carbons (Fsp3) is 0.250. The second-order valence-electron chi connectivity index (χ2n) is 2.59. The first-order valence-corrected chi connectivity index (χ1v) is 4.66. The third-order valence-corrected chi connectivity index (χ3v) is 2.78. The molecule has 2 rings (SSSR count). The van der Waals surface area contributed by atoms with Crippen molar-refractivity contribution >= 4 is 33.2 Å². The largest absolute Gasteiger partial charge is 0.384 e. The lowest BCUT2D eigenvalue weighted by molar-refractivity contribution is 1.10. The molecular formula is C8H7BrClN. The van der Waals surface area contributed by atoms with Gasteiger partial charge >= 0.3 is 0 Å². The van der Waals surface area contributed by atoms with E-state index in [0.717, 1.165) is 22.5 Å². The van der Waals surface area contributed by atoms with Gasteiger partial charge in [0.25, 0.3) is 0 Å². The molecule has 58 valence electrons. The topological polar surface area (TPSA) is 12.0 Å². The van der Waals surface area contributed by atoms with E-state index in [1.165, 1.54) is 11.3 Å². The first kappa shape index (κ1) is 7.44. The molecule has 0 fully saturated rings. The average molecular weight is 233 g/mol. The normalized spacial score (nSPS) is 14.4. The van der Waals surface area contributed by atoms with Gasteiger partial charge in [0.1, 0.15) is 0 Å². The second kappa shape index (κ2) is 2.68. The third kappa shape index (κ3) is 1.25. The van der Waals surface area contributed by atoms with Crippen LogP contribution in [0.5, 0.6) is 0 Å². The fourth-order valence-corrected chi connectivity index (χ4v) is 2.35. The van der Waals surface area contributed by atoms with Gasteiger partial charge < -0.3 is 5.32 Å². The number of benzene rings is 1. The second-order valence-corrected chi connectivity index (χ2v) is 3.88. The van der Waals surface area contributed by atoms with Crippen molar-refractivity contribution in [3.63, 3.8) is 0 Å². The molecule has 1 heterocycles. The molecule has 0 saturated carbocycles. The highest BCUT2D eigenvalue weighted by Gasteiger charge is 2.13. The average Bonchev–Trinajstić information content (AvgIpc) is 2.34. The molecule has 0 aromatic heterocycles. The molecule has 0 saturated heterocycles. The van der Waals surface area contributed by atoms with Crippen LogP contribution in [0.25, 0.3) is 0 Å². The van der Waals surface area contributed by atoms with Crippen molar-refractivity contribution in [1.29, 1.82) is 0 Å². The molecule has 0 bridgehead atoms. The predicted octanol–water partition coefficient (Wildman–Crippen LogP) is 3.07. The van der Waals surface area contributed by atoms with Crippen molar-refractivity contribution in [2.24, 2.45) is 0 Å². The first-order chi connectivity index (χ1) is 5.27. The molecule has 0 aliphatic carbocycles. The van der Waals surface area contributed by atoms with Gasteiger partial charge in [0.05, 0.1) is 0 Å². The van der Waals surface area contributed by atoms with Crippen LogP contribution in [-0.4, -0.2) is 6.54 Å². The quantitative estimate of drug-likeness (QED) is 0.725. The summed E-state index contributed by atoms with van der Waals surface area (Å²) in [6.07, 6.45) is 1.09. The van der Waals surface area contributed by atoms with Gasteiger partial charge in [-0.15, -0.1) is 0 Å². The van der Waals surface area contributed by atoms with Crippen molar-refractivity contribution < 1.29 is 0 Å². The highest BCUT2D eigenvalue weighted by Crippen LogP contribution is 2.32. The monoisotopic (exact) mass is 231 g/mol. The number of fused-ring (bicyclic) bond motifs is 1. The van der Waals surface area contributed by atoms with Gasteiger partial charge in [-0.25, -0.2) is 0 Å². The molecule has 1 aliphatic heterocycles. The summed E-state index contributed by atoms with van der Waals surface area (Å²) in [6, 6.07) is 3.90. The SMILES string of the molecule is Clc1cc(Br)c2c(c1)NCC2. The molecule has 11 heavy (non-hydrogen) atoms. The van der Waals surface area contributed by atoms with Gasteiger partial charge in [-0.05, 0) is 24.1 Å². The predicted molar refractivity (Wildman–Crippen MR) is 51.3 cm³/mol. The molecule has 0 atom stereocenters. The molecule has 1 aromatic rings. The lowest BCUT2D eigenvalue weighted by Crippen LogP contribution is -1.90. The Hall–Kier alpha value is -0.210. The summed E-state index contributed by atoms with van der Waals surface area (Å²) in [5.74, 6) is 0. The van der Waals surface area contributed by atoms with Gasteiger partial charge in [0.2, 0.25) is 0 Å². The molecule has 0 radical (unpaired) electrons. The molecule has 1 N–H and O–H groups in total. The highest BCUT2D eigenvalue weighted by atomic mass is 79.9. The van der Waals surface area contributed by atoms with Crippen molar-refractivity contribution in [1.82, 2.24) is 0 Å². The minimum atomic E-state index is 0.782. The van der Waals surface area contributed by atoms with Gasteiger partial charge in [-0.1, -0.05) is 27.5 Å². The van der Waals surface area contributed by atoms with E-state index in [1.807, 2.05) is 12.1 Å². The molecule has 3 heteroatoms. The van der Waals surface area contributed by atoms with Crippen LogP contribution in [0.2, 0.25) is 5.02 Å². The van der Waals surface area contributed by atoms with Crippen molar-refractivity contribution in [3.05, 3.63) is 27.2 Å². The van der Waals surface area contributed by atoms with E-state index >= 15 is 0 Å². The van der Waals surface area contributed by atoms with Crippen LogP contribution in [0.4, 0.5) is 5.69 Å². The lowest BCUT2D eigenvalue weighted by atomic mass is 10.2. The van der Waals surface area contributed by atoms with Gasteiger partial charge in [-0.2, -0.15) is 0 Å². The lowest BCUT2D eigenvalue weighted by Gasteiger charge is -2.01. The molecule has 1 nitrogen and oxygen atoms in total. The Labute approximate surface area is 78.9 Å². The highest BCUT2D eigenvalue weighted by molar-refractivity contribution is 9.10. The molecule has 1 aliphatic rings. The van der Waals surface area contributed by atoms with Crippen LogP contribution >= 0.6 is 27.5 Å². The third-order valence-electron chi connectivity index (χ3n) is 1.85. The Bertz CT molecular complexity index is 298. The Morgan fingerprint density at radius 1 is 1.45 bits per heavy atom. The fourth-order valence-electron chi connectivity index (χ4n) is 1.34. The zero-order valence-electron chi connectivity index (χ0n) is 5.82. The maximum Gasteiger partial charge on any atom is 0.0437 e. The number of hydrogen-bond acceptors (Lipinski definition) is 1. The van der Waals surface area contributed by atoms with E-state index < -0.39 is 0 Å². The molecule has 0 amide bonds. The summed E-state index contributed by atoms with van der Waals surface area (Å²) < 4.78 is 1.12. The maximum atomic E-state index is 5.86. The van der Waals surface area contributed by atoms with Crippen LogP contribution in [0.15, 0.2) is 16.6 Å². The summed E-state index contributed by atoms with van der Waals surface area (Å²) in [4.78, 5) is 0. The van der Waals surface area contributed by atoms with Crippen molar-refractivity contribution in [3.8, 4) is 0 Å². The van der Waals surface area contributed by atoms with E-state index in [9.17, 15) is 0 Å². The Kier molecular flexibility index (Phi) is 1.81. The summed E-state index contributed by atoms with van der Waals surface area (Å²) in [5, 5.41) is 4.05. The van der Waals surface area contributed by atoms with E-state index in [2.05, 4.69) is 21.2 Å². The van der Waals surface area contributed by atoms with Crippen molar-refractivity contribution in [2.75, 3.05) is 11.9 Å². The van der Waals surface area contributed by atoms with Crippen LogP contribution in [-0.2, 0) is 6.42 Å². The van der Waals surface area contributed by atoms with Crippen LogP contribution in [0.3, 0.4) is 0 Å². The van der Waals surface area contributed by atoms with E-state index in [0.29, 0.717) is 0 Å². The van der Waals surface area contributed by atoms with Crippen LogP contribution in [0.1, 0.15) is 5.56 Å². The van der Waals surface area contributed by atoms with E-state index in [4.69, 9.17) is 11.6 Å². The number of anilines is 1. The Balaban J connectivity index is 2.60. The van der Waals surface area contributed by atoms with Gasteiger partial charge in [-0.3, -0.25) is 0 Å². The van der Waals surface area contributed by atoms with Crippen molar-refractivity contribution in [2.45, 2.75) is 6.42 Å². The summed E-state index contributed by atoms with van der Waals surface area (Å²) in [5.41, 5.74) is 2.51. The zero-order chi connectivity index (χ0) is 7.84. The van der Waals surface area contributed by atoms with Crippen LogP contribution in [0, 0.1) is 0 Å². The first-order valence-electron chi connectivity index (χ1n) is 3.49. The van der Waals surface area contributed by atoms with E-state index in [1.54, 1.807) is 0 Å². The number of nitrogens with one attached hydrogen (secondary N) is 1. The summed E-state index contributed by atoms with van der Waals surface area (Å²) in [6.45, 7) is 1.02. The molecule has 0 spiro atoms. The Morgan fingerprint density at radius 2 is 2.27 bits per heavy atom. The van der Waals surface area contributed by atoms with Crippen LogP contribution < -0.4 is 5.32 Å². The van der Waals surface area contributed by atoms with E-state index in [-0.39, 0.29) is 0 Å². The summed E-state index contributed by atoms with van der Waals surface area (Å²) in [7, 11) is 0. The number of halogens is 2. The minimum absolute atomic E-state index is 0.782. The van der Waals surface area contributed by atoms with Gasteiger partial charge in [0.15, 0.2) is 0 Å². The summed E-state index contributed by atoms with van der Waals surface area (Å²) >= 11 is 9.33. The number of rotatable bonds is 0.